The molecule has 1 heterocycles. The van der Waals surface area contributed by atoms with E-state index in [0.717, 1.165) is 28.7 Å². The predicted molar refractivity (Wildman–Crippen MR) is 80.6 cm³/mol. The van der Waals surface area contributed by atoms with Gasteiger partial charge in [-0.2, -0.15) is 0 Å². The van der Waals surface area contributed by atoms with Crippen molar-refractivity contribution in [3.05, 3.63) is 48.2 Å². The average Bonchev–Trinajstić information content (AvgIpc) is 2.39. The number of rotatable bonds is 6. The van der Waals surface area contributed by atoms with Gasteiger partial charge in [-0.05, 0) is 25.5 Å². The fraction of sp³-hybridized carbons (Fsp3) is 0.312. The maximum atomic E-state index is 5.47. The number of ether oxygens (including phenoxy) is 1. The first-order chi connectivity index (χ1) is 9.18. The van der Waals surface area contributed by atoms with E-state index in [1.807, 2.05) is 19.2 Å². The topological polar surface area (TPSA) is 34.1 Å². The van der Waals surface area contributed by atoms with Crippen LogP contribution in [0, 0.1) is 6.92 Å². The van der Waals surface area contributed by atoms with Crippen LogP contribution < -0.4 is 5.32 Å². The zero-order valence-electron chi connectivity index (χ0n) is 11.6. The predicted octanol–water partition coefficient (Wildman–Crippen LogP) is 3.55. The molecule has 0 unspecified atom stereocenters. The molecule has 0 aliphatic heterocycles. The van der Waals surface area contributed by atoms with Gasteiger partial charge in [0.05, 0.1) is 18.7 Å². The van der Waals surface area contributed by atoms with E-state index in [4.69, 9.17) is 4.74 Å². The van der Waals surface area contributed by atoms with Gasteiger partial charge in [0.15, 0.2) is 0 Å². The van der Waals surface area contributed by atoms with Gasteiger partial charge in [-0.1, -0.05) is 30.4 Å². The zero-order chi connectivity index (χ0) is 13.7. The Morgan fingerprint density at radius 2 is 2.21 bits per heavy atom. The van der Waals surface area contributed by atoms with Gasteiger partial charge in [0.25, 0.3) is 0 Å². The molecule has 1 N–H and O–H groups in total. The van der Waals surface area contributed by atoms with Crippen LogP contribution in [0.3, 0.4) is 0 Å². The van der Waals surface area contributed by atoms with Gasteiger partial charge < -0.3 is 10.1 Å². The molecular weight excluding hydrogens is 236 g/mol. The van der Waals surface area contributed by atoms with E-state index in [1.54, 1.807) is 0 Å². The summed E-state index contributed by atoms with van der Waals surface area (Å²) in [6.07, 6.45) is 1.84. The summed E-state index contributed by atoms with van der Waals surface area (Å²) in [5.41, 5.74) is 4.40. The number of nitrogens with zero attached hydrogens (tertiary/aromatic N) is 1. The fourth-order valence-electron chi connectivity index (χ4n) is 1.98. The molecule has 0 fully saturated rings. The number of fused-ring (bicyclic) bond motifs is 1. The first-order valence-electron chi connectivity index (χ1n) is 6.49. The second-order valence-electron chi connectivity index (χ2n) is 4.77. The zero-order valence-corrected chi connectivity index (χ0v) is 11.6. The highest BCUT2D eigenvalue weighted by Gasteiger charge is 2.02. The number of hydrogen-bond donors (Lipinski definition) is 1. The average molecular weight is 256 g/mol. The molecule has 3 heteroatoms. The largest absolute Gasteiger partial charge is 0.382 e. The molecule has 1 aromatic heterocycles. The fourth-order valence-corrected chi connectivity index (χ4v) is 1.98. The summed E-state index contributed by atoms with van der Waals surface area (Å²) in [5.74, 6) is 0. The number of nitrogens with one attached hydrogen (secondary N) is 1. The van der Waals surface area contributed by atoms with Crippen molar-refractivity contribution in [2.45, 2.75) is 13.8 Å². The van der Waals surface area contributed by atoms with Crippen LogP contribution in [0.4, 0.5) is 5.69 Å². The summed E-state index contributed by atoms with van der Waals surface area (Å²) >= 11 is 0. The van der Waals surface area contributed by atoms with E-state index in [-0.39, 0.29) is 0 Å². The van der Waals surface area contributed by atoms with Crippen LogP contribution in [0.15, 0.2) is 42.6 Å². The molecule has 0 aliphatic rings. The van der Waals surface area contributed by atoms with Gasteiger partial charge in [-0.25, -0.2) is 0 Å². The minimum atomic E-state index is 0.623. The third-order valence-electron chi connectivity index (χ3n) is 2.88. The van der Waals surface area contributed by atoms with Crippen molar-refractivity contribution < 1.29 is 4.74 Å². The summed E-state index contributed by atoms with van der Waals surface area (Å²) in [5, 5.41) is 4.55. The molecule has 0 bridgehead atoms. The van der Waals surface area contributed by atoms with Crippen LogP contribution in [0.1, 0.15) is 12.5 Å². The van der Waals surface area contributed by atoms with Crippen LogP contribution >= 0.6 is 0 Å². The minimum Gasteiger partial charge on any atom is -0.382 e. The molecule has 2 aromatic rings. The van der Waals surface area contributed by atoms with Crippen molar-refractivity contribution in [1.29, 1.82) is 0 Å². The molecule has 0 spiro atoms. The number of anilines is 1. The number of pyridine rings is 1. The lowest BCUT2D eigenvalue weighted by atomic mass is 10.1. The smallest absolute Gasteiger partial charge is 0.0751 e. The second-order valence-corrected chi connectivity index (χ2v) is 4.77. The number of benzene rings is 1. The Hall–Kier alpha value is -1.87. The maximum absolute atomic E-state index is 5.47. The Bertz CT molecular complexity index is 578. The van der Waals surface area contributed by atoms with Gasteiger partial charge in [-0.3, -0.25) is 4.98 Å². The lowest BCUT2D eigenvalue weighted by Crippen LogP contribution is -2.10. The minimum absolute atomic E-state index is 0.623. The van der Waals surface area contributed by atoms with Crippen LogP contribution in [0.25, 0.3) is 10.9 Å². The second kappa shape index (κ2) is 6.34. The van der Waals surface area contributed by atoms with E-state index < -0.39 is 0 Å². The van der Waals surface area contributed by atoms with Crippen LogP contribution in [-0.4, -0.2) is 24.7 Å². The monoisotopic (exact) mass is 256 g/mol. The van der Waals surface area contributed by atoms with E-state index >= 15 is 0 Å². The molecule has 3 nitrogen and oxygen atoms in total. The van der Waals surface area contributed by atoms with E-state index in [1.165, 1.54) is 5.56 Å². The van der Waals surface area contributed by atoms with Gasteiger partial charge in [-0.15, -0.1) is 0 Å². The number of aryl methyl sites for hydroxylation is 1. The molecule has 0 atom stereocenters. The number of aromatic nitrogens is 1. The SMILES string of the molecule is C=C(C)COCCNc1ccnc2c(C)cccc12. The molecule has 0 saturated heterocycles. The van der Waals surface area contributed by atoms with E-state index in [2.05, 4.69) is 42.0 Å². The normalized spacial score (nSPS) is 10.6. The standard InChI is InChI=1S/C16H20N2O/c1-12(2)11-19-10-9-17-15-7-8-18-16-13(3)5-4-6-14(15)16/h4-8H,1,9-11H2,2-3H3,(H,17,18). The Labute approximate surface area is 114 Å². The molecule has 100 valence electrons. The lowest BCUT2D eigenvalue weighted by Gasteiger charge is -2.10. The van der Waals surface area contributed by atoms with Crippen LogP contribution in [0.2, 0.25) is 0 Å². The maximum Gasteiger partial charge on any atom is 0.0751 e. The van der Waals surface area contributed by atoms with Gasteiger partial charge in [0, 0.05) is 23.8 Å². The molecule has 1 aromatic carbocycles. The summed E-state index contributed by atoms with van der Waals surface area (Å²) in [6.45, 7) is 9.92. The lowest BCUT2D eigenvalue weighted by molar-refractivity contribution is 0.167. The summed E-state index contributed by atoms with van der Waals surface area (Å²) in [6, 6.07) is 8.23. The van der Waals surface area contributed by atoms with E-state index in [9.17, 15) is 0 Å². The first kappa shape index (κ1) is 13.6. The highest BCUT2D eigenvalue weighted by molar-refractivity contribution is 5.92. The van der Waals surface area contributed by atoms with Crippen molar-refractivity contribution in [1.82, 2.24) is 4.98 Å². The molecular formula is C16H20N2O. The van der Waals surface area contributed by atoms with Crippen molar-refractivity contribution in [3.63, 3.8) is 0 Å². The van der Waals surface area contributed by atoms with Crippen molar-refractivity contribution in [2.24, 2.45) is 0 Å². The molecule has 0 saturated carbocycles. The Balaban J connectivity index is 2.01. The van der Waals surface area contributed by atoms with Crippen LogP contribution in [-0.2, 0) is 4.74 Å². The Morgan fingerprint density at radius 1 is 1.37 bits per heavy atom. The molecule has 0 radical (unpaired) electrons. The summed E-state index contributed by atoms with van der Waals surface area (Å²) in [4.78, 5) is 4.43. The highest BCUT2D eigenvalue weighted by Crippen LogP contribution is 2.23. The van der Waals surface area contributed by atoms with Gasteiger partial charge >= 0.3 is 0 Å². The van der Waals surface area contributed by atoms with Gasteiger partial charge in [0.2, 0.25) is 0 Å². The van der Waals surface area contributed by atoms with Crippen LogP contribution in [0.5, 0.6) is 0 Å². The summed E-state index contributed by atoms with van der Waals surface area (Å²) in [7, 11) is 0. The van der Waals surface area contributed by atoms with Crippen molar-refractivity contribution in [3.8, 4) is 0 Å². The van der Waals surface area contributed by atoms with Crippen molar-refractivity contribution >= 4 is 16.6 Å². The first-order valence-corrected chi connectivity index (χ1v) is 6.49. The Kier molecular flexibility index (Phi) is 4.53. The third kappa shape index (κ3) is 3.55. The number of para-hydroxylation sites is 1. The van der Waals surface area contributed by atoms with E-state index in [0.29, 0.717) is 13.2 Å². The van der Waals surface area contributed by atoms with Gasteiger partial charge in [0.1, 0.15) is 0 Å². The summed E-state index contributed by atoms with van der Waals surface area (Å²) < 4.78 is 5.47. The molecule has 19 heavy (non-hydrogen) atoms. The highest BCUT2D eigenvalue weighted by atomic mass is 16.5. The number of hydrogen-bond acceptors (Lipinski definition) is 3. The Morgan fingerprint density at radius 3 is 3.00 bits per heavy atom. The molecule has 0 amide bonds. The third-order valence-corrected chi connectivity index (χ3v) is 2.88. The molecule has 0 aliphatic carbocycles. The van der Waals surface area contributed by atoms with Crippen molar-refractivity contribution in [2.75, 3.05) is 25.1 Å². The quantitative estimate of drug-likeness (QED) is 0.634. The molecule has 2 rings (SSSR count).